The molecule has 0 aliphatic carbocycles. The largest absolute Gasteiger partial charge is 0.458 e. The number of hydrogen-bond acceptors (Lipinski definition) is 8. The maximum atomic E-state index is 10.3. The molecular formula is C25H32O8. The second-order valence-corrected chi connectivity index (χ2v) is 8.78. The van der Waals surface area contributed by atoms with E-state index in [1.54, 1.807) is 6.07 Å². The number of rotatable bonds is 3. The van der Waals surface area contributed by atoms with Crippen molar-refractivity contribution in [1.82, 2.24) is 0 Å². The molecule has 3 heterocycles. The molecule has 5 rings (SSSR count). The monoisotopic (exact) mass is 460 g/mol. The third-order valence-electron chi connectivity index (χ3n) is 6.27. The minimum Gasteiger partial charge on any atom is -0.458 e. The van der Waals surface area contributed by atoms with Crippen LogP contribution in [0.3, 0.4) is 0 Å². The van der Waals surface area contributed by atoms with Crippen molar-refractivity contribution < 1.29 is 39.7 Å². The lowest BCUT2D eigenvalue weighted by molar-refractivity contribution is -0.277. The SMILES string of the molecule is OCC1O[C@@H](Oc2ccc3cc2Oc2ccc(cc2)CC[C@H](O)CCCC3)[C@@H](O)C(O)[C@H]1O. The summed E-state index contributed by atoms with van der Waals surface area (Å²) in [6.45, 7) is -0.534. The van der Waals surface area contributed by atoms with Crippen LogP contribution in [0.15, 0.2) is 42.5 Å². The lowest BCUT2D eigenvalue weighted by Gasteiger charge is -2.39. The number of fused-ring (bicyclic) bond motifs is 8. The molecule has 2 unspecified atom stereocenters. The van der Waals surface area contributed by atoms with Gasteiger partial charge in [-0.05, 0) is 67.5 Å². The van der Waals surface area contributed by atoms with Crippen molar-refractivity contribution in [2.45, 2.75) is 75.3 Å². The van der Waals surface area contributed by atoms with Crippen molar-refractivity contribution in [3.8, 4) is 17.2 Å². The average molecular weight is 461 g/mol. The van der Waals surface area contributed by atoms with Gasteiger partial charge in [-0.2, -0.15) is 0 Å². The summed E-state index contributed by atoms with van der Waals surface area (Å²) in [5.74, 6) is 1.32. The quantitative estimate of drug-likeness (QED) is 0.468. The molecule has 180 valence electrons. The van der Waals surface area contributed by atoms with Crippen LogP contribution in [-0.4, -0.2) is 68.9 Å². The minimum atomic E-state index is -1.53. The average Bonchev–Trinajstić information content (AvgIpc) is 2.83. The van der Waals surface area contributed by atoms with Crippen LogP contribution in [0.5, 0.6) is 17.2 Å². The smallest absolute Gasteiger partial charge is 0.229 e. The summed E-state index contributed by atoms with van der Waals surface area (Å²) in [6.07, 6.45) is -2.23. The molecule has 1 fully saturated rings. The van der Waals surface area contributed by atoms with Gasteiger partial charge in [-0.1, -0.05) is 24.6 Å². The van der Waals surface area contributed by atoms with E-state index in [2.05, 4.69) is 0 Å². The van der Waals surface area contributed by atoms with E-state index in [4.69, 9.17) is 14.2 Å². The second kappa shape index (κ2) is 10.8. The van der Waals surface area contributed by atoms with E-state index in [-0.39, 0.29) is 6.10 Å². The molecule has 0 amide bonds. The van der Waals surface area contributed by atoms with Gasteiger partial charge in [0.2, 0.25) is 6.29 Å². The number of aliphatic hydroxyl groups excluding tert-OH is 5. The van der Waals surface area contributed by atoms with Crippen molar-refractivity contribution in [2.24, 2.45) is 0 Å². The van der Waals surface area contributed by atoms with Crippen molar-refractivity contribution in [2.75, 3.05) is 6.61 Å². The van der Waals surface area contributed by atoms with Gasteiger partial charge in [0.05, 0.1) is 12.7 Å². The fourth-order valence-corrected chi connectivity index (χ4v) is 4.21. The van der Waals surface area contributed by atoms with E-state index in [9.17, 15) is 25.5 Å². The van der Waals surface area contributed by atoms with Crippen molar-refractivity contribution in [1.29, 1.82) is 0 Å². The second-order valence-electron chi connectivity index (χ2n) is 8.78. The van der Waals surface area contributed by atoms with E-state index in [0.29, 0.717) is 17.2 Å². The Hall–Kier alpha value is -2.20. The molecule has 1 saturated heterocycles. The van der Waals surface area contributed by atoms with Crippen LogP contribution >= 0.6 is 0 Å². The molecule has 0 aromatic heterocycles. The Balaban J connectivity index is 1.59. The van der Waals surface area contributed by atoms with E-state index in [1.807, 2.05) is 36.4 Å². The lowest BCUT2D eigenvalue weighted by atomic mass is 9.99. The van der Waals surface area contributed by atoms with Gasteiger partial charge in [-0.3, -0.25) is 0 Å². The molecule has 8 heteroatoms. The first kappa shape index (κ1) is 23.9. The predicted molar refractivity (Wildman–Crippen MR) is 119 cm³/mol. The van der Waals surface area contributed by atoms with Gasteiger partial charge in [0.15, 0.2) is 11.5 Å². The number of aryl methyl sites for hydroxylation is 2. The van der Waals surface area contributed by atoms with Crippen molar-refractivity contribution in [3.63, 3.8) is 0 Å². The molecule has 2 aromatic carbocycles. The molecule has 8 nitrogen and oxygen atoms in total. The zero-order valence-corrected chi connectivity index (χ0v) is 18.4. The summed E-state index contributed by atoms with van der Waals surface area (Å²) >= 11 is 0. The third-order valence-corrected chi connectivity index (χ3v) is 6.27. The van der Waals surface area contributed by atoms with Gasteiger partial charge >= 0.3 is 0 Å². The predicted octanol–water partition coefficient (Wildman–Crippen LogP) is 1.68. The number of hydrogen-bond donors (Lipinski definition) is 5. The van der Waals surface area contributed by atoms with E-state index < -0.39 is 37.3 Å². The van der Waals surface area contributed by atoms with E-state index in [0.717, 1.165) is 49.7 Å². The Kier molecular flexibility index (Phi) is 7.85. The van der Waals surface area contributed by atoms with Crippen LogP contribution in [-0.2, 0) is 17.6 Å². The molecule has 4 bridgehead atoms. The highest BCUT2D eigenvalue weighted by Crippen LogP contribution is 2.36. The number of ether oxygens (including phenoxy) is 3. The molecule has 0 saturated carbocycles. The molecule has 0 spiro atoms. The van der Waals surface area contributed by atoms with Gasteiger partial charge in [-0.25, -0.2) is 0 Å². The summed E-state index contributed by atoms with van der Waals surface area (Å²) in [7, 11) is 0. The summed E-state index contributed by atoms with van der Waals surface area (Å²) in [4.78, 5) is 0. The number of aliphatic hydroxyl groups is 5. The summed E-state index contributed by atoms with van der Waals surface area (Å²) in [6, 6.07) is 13.1. The molecule has 6 atom stereocenters. The highest BCUT2D eigenvalue weighted by atomic mass is 16.7. The molecule has 3 aliphatic heterocycles. The van der Waals surface area contributed by atoms with Crippen LogP contribution in [0.4, 0.5) is 0 Å². The van der Waals surface area contributed by atoms with Crippen LogP contribution in [0, 0.1) is 0 Å². The first-order chi connectivity index (χ1) is 15.9. The topological polar surface area (TPSA) is 129 Å². The molecule has 2 aromatic rings. The lowest BCUT2D eigenvalue weighted by Crippen LogP contribution is -2.60. The Morgan fingerprint density at radius 1 is 0.818 bits per heavy atom. The minimum absolute atomic E-state index is 0.298. The van der Waals surface area contributed by atoms with Crippen LogP contribution in [0.2, 0.25) is 0 Å². The summed E-state index contributed by atoms with van der Waals surface area (Å²) < 4.78 is 17.4. The van der Waals surface area contributed by atoms with Crippen LogP contribution < -0.4 is 9.47 Å². The molecule has 0 radical (unpaired) electrons. The Morgan fingerprint density at radius 3 is 2.33 bits per heavy atom. The standard InChI is InChI=1S/C25H32O8/c26-14-21-22(28)23(29)24(30)25(33-21)32-19-12-8-16-3-1-2-4-17(27)9-5-15-6-10-18(11-7-15)31-20(19)13-16/h6-8,10-13,17,21-30H,1-5,9,14H2/t17-,21?,22+,23?,24+,25-/m1/s1. The van der Waals surface area contributed by atoms with Gasteiger partial charge in [0, 0.05) is 0 Å². The zero-order valence-electron chi connectivity index (χ0n) is 18.4. The molecule has 5 N–H and O–H groups in total. The Labute approximate surface area is 193 Å². The molecule has 33 heavy (non-hydrogen) atoms. The van der Waals surface area contributed by atoms with Gasteiger partial charge in [-0.15, -0.1) is 0 Å². The summed E-state index contributed by atoms with van der Waals surface area (Å²) in [5.41, 5.74) is 2.15. The maximum absolute atomic E-state index is 10.3. The van der Waals surface area contributed by atoms with Crippen LogP contribution in [0.1, 0.15) is 36.8 Å². The normalized spacial score (nSPS) is 30.7. The fourth-order valence-electron chi connectivity index (χ4n) is 4.21. The molecule has 3 aliphatic rings. The summed E-state index contributed by atoms with van der Waals surface area (Å²) in [5, 5.41) is 50.1. The van der Waals surface area contributed by atoms with E-state index in [1.165, 1.54) is 0 Å². The van der Waals surface area contributed by atoms with Gasteiger partial charge < -0.3 is 39.7 Å². The highest BCUT2D eigenvalue weighted by molar-refractivity contribution is 5.46. The van der Waals surface area contributed by atoms with Gasteiger partial charge in [0.25, 0.3) is 0 Å². The van der Waals surface area contributed by atoms with E-state index >= 15 is 0 Å². The zero-order chi connectivity index (χ0) is 23.4. The highest BCUT2D eigenvalue weighted by Gasteiger charge is 2.45. The first-order valence-electron chi connectivity index (χ1n) is 11.5. The Bertz CT molecular complexity index is 900. The number of benzene rings is 2. The fraction of sp³-hybridized carbons (Fsp3) is 0.520. The van der Waals surface area contributed by atoms with Crippen LogP contribution in [0.25, 0.3) is 0 Å². The molecular weight excluding hydrogens is 428 g/mol. The third kappa shape index (κ3) is 5.84. The van der Waals surface area contributed by atoms with Gasteiger partial charge in [0.1, 0.15) is 30.2 Å². The van der Waals surface area contributed by atoms with Crippen molar-refractivity contribution in [3.05, 3.63) is 53.6 Å². The Morgan fingerprint density at radius 2 is 1.58 bits per heavy atom. The van der Waals surface area contributed by atoms with Crippen molar-refractivity contribution >= 4 is 0 Å². The first-order valence-corrected chi connectivity index (χ1v) is 11.5. The maximum Gasteiger partial charge on any atom is 0.229 e.